The molecule has 1 aromatic rings. The number of nitrogens with one attached hydrogen (secondary N) is 3. The van der Waals surface area contributed by atoms with E-state index < -0.39 is 0 Å². The molecule has 0 radical (unpaired) electrons. The topological polar surface area (TPSA) is 56.4 Å². The van der Waals surface area contributed by atoms with Crippen molar-refractivity contribution >= 4 is 6.03 Å². The van der Waals surface area contributed by atoms with Crippen molar-refractivity contribution in [2.24, 2.45) is 0 Å². The van der Waals surface area contributed by atoms with Gasteiger partial charge in [0.15, 0.2) is 0 Å². The Morgan fingerprint density at radius 2 is 1.80 bits per heavy atom. The van der Waals surface area contributed by atoms with Crippen molar-refractivity contribution in [1.29, 1.82) is 0 Å². The van der Waals surface area contributed by atoms with Gasteiger partial charge in [-0.2, -0.15) is 0 Å². The maximum atomic E-state index is 11.6. The van der Waals surface area contributed by atoms with Crippen LogP contribution in [-0.4, -0.2) is 56.7 Å². The number of nitrogens with zero attached hydrogens (tertiary/aromatic N) is 1. The van der Waals surface area contributed by atoms with Crippen LogP contribution in [0.4, 0.5) is 4.79 Å². The highest BCUT2D eigenvalue weighted by atomic mass is 16.2. The second-order valence-electron chi connectivity index (χ2n) is 5.01. The molecule has 1 aromatic carbocycles. The van der Waals surface area contributed by atoms with Crippen LogP contribution in [0.2, 0.25) is 0 Å². The van der Waals surface area contributed by atoms with Crippen molar-refractivity contribution in [2.45, 2.75) is 6.42 Å². The largest absolute Gasteiger partial charge is 0.338 e. The number of benzene rings is 1. The number of amides is 2. The first-order valence-electron chi connectivity index (χ1n) is 7.33. The molecule has 1 aliphatic heterocycles. The Balaban J connectivity index is 1.52. The van der Waals surface area contributed by atoms with E-state index in [0.717, 1.165) is 39.1 Å². The fourth-order valence-corrected chi connectivity index (χ4v) is 2.29. The molecule has 1 saturated heterocycles. The lowest BCUT2D eigenvalue weighted by Gasteiger charge is -2.27. The first-order valence-corrected chi connectivity index (χ1v) is 7.33. The Kier molecular flexibility index (Phi) is 6.34. The second kappa shape index (κ2) is 8.55. The van der Waals surface area contributed by atoms with E-state index in [-0.39, 0.29) is 6.03 Å². The summed E-state index contributed by atoms with van der Waals surface area (Å²) < 4.78 is 0. The van der Waals surface area contributed by atoms with Gasteiger partial charge in [0.25, 0.3) is 0 Å². The van der Waals surface area contributed by atoms with Gasteiger partial charge in [0.05, 0.1) is 0 Å². The molecule has 0 spiro atoms. The van der Waals surface area contributed by atoms with Crippen molar-refractivity contribution in [3.8, 4) is 0 Å². The quantitative estimate of drug-likeness (QED) is 0.706. The second-order valence-corrected chi connectivity index (χ2v) is 5.01. The number of hydrogen-bond acceptors (Lipinski definition) is 3. The van der Waals surface area contributed by atoms with Crippen molar-refractivity contribution in [1.82, 2.24) is 20.9 Å². The summed E-state index contributed by atoms with van der Waals surface area (Å²) in [7, 11) is 0. The summed E-state index contributed by atoms with van der Waals surface area (Å²) in [4.78, 5) is 14.0. The van der Waals surface area contributed by atoms with Gasteiger partial charge in [-0.05, 0) is 12.0 Å². The number of piperazine rings is 1. The van der Waals surface area contributed by atoms with Gasteiger partial charge in [-0.1, -0.05) is 30.3 Å². The van der Waals surface area contributed by atoms with Gasteiger partial charge >= 0.3 is 6.03 Å². The zero-order valence-electron chi connectivity index (χ0n) is 11.9. The van der Waals surface area contributed by atoms with Crippen molar-refractivity contribution < 1.29 is 4.79 Å². The van der Waals surface area contributed by atoms with Crippen molar-refractivity contribution in [2.75, 3.05) is 45.8 Å². The molecule has 5 heteroatoms. The molecule has 3 N–H and O–H groups in total. The van der Waals surface area contributed by atoms with Gasteiger partial charge < -0.3 is 16.0 Å². The van der Waals surface area contributed by atoms with Crippen LogP contribution >= 0.6 is 0 Å². The molecule has 1 fully saturated rings. The smallest absolute Gasteiger partial charge is 0.314 e. The molecule has 0 saturated carbocycles. The van der Waals surface area contributed by atoms with E-state index in [1.807, 2.05) is 18.2 Å². The first kappa shape index (κ1) is 14.8. The summed E-state index contributed by atoms with van der Waals surface area (Å²) in [6.07, 6.45) is 0.867. The lowest BCUT2D eigenvalue weighted by atomic mass is 10.1. The van der Waals surface area contributed by atoms with E-state index in [2.05, 4.69) is 33.0 Å². The van der Waals surface area contributed by atoms with E-state index in [0.29, 0.717) is 13.1 Å². The van der Waals surface area contributed by atoms with E-state index in [1.165, 1.54) is 5.56 Å². The van der Waals surface area contributed by atoms with Crippen LogP contribution in [0.15, 0.2) is 30.3 Å². The van der Waals surface area contributed by atoms with Gasteiger partial charge in [-0.15, -0.1) is 0 Å². The van der Waals surface area contributed by atoms with Crippen LogP contribution < -0.4 is 16.0 Å². The molecular weight excluding hydrogens is 252 g/mol. The minimum Gasteiger partial charge on any atom is -0.338 e. The Morgan fingerprint density at radius 3 is 2.55 bits per heavy atom. The lowest BCUT2D eigenvalue weighted by Crippen LogP contribution is -2.47. The highest BCUT2D eigenvalue weighted by Gasteiger charge is 2.08. The summed E-state index contributed by atoms with van der Waals surface area (Å²) in [6.45, 7) is 6.52. The molecule has 1 heterocycles. The predicted octanol–water partition coefficient (Wildman–Crippen LogP) is 0.434. The van der Waals surface area contributed by atoms with E-state index >= 15 is 0 Å². The summed E-state index contributed by atoms with van der Waals surface area (Å²) in [5.41, 5.74) is 1.24. The Morgan fingerprint density at radius 1 is 1.10 bits per heavy atom. The Hall–Kier alpha value is -1.59. The molecule has 0 aromatic heterocycles. The van der Waals surface area contributed by atoms with E-state index in [1.54, 1.807) is 0 Å². The van der Waals surface area contributed by atoms with Gasteiger partial charge in [0, 0.05) is 45.8 Å². The number of carbonyl (C=O) groups is 1. The zero-order valence-corrected chi connectivity index (χ0v) is 11.9. The highest BCUT2D eigenvalue weighted by molar-refractivity contribution is 5.73. The van der Waals surface area contributed by atoms with Crippen LogP contribution in [0.3, 0.4) is 0 Å². The van der Waals surface area contributed by atoms with Crippen LogP contribution in [-0.2, 0) is 6.42 Å². The third-order valence-corrected chi connectivity index (χ3v) is 3.47. The van der Waals surface area contributed by atoms with Gasteiger partial charge in [-0.25, -0.2) is 4.79 Å². The van der Waals surface area contributed by atoms with Crippen LogP contribution in [0, 0.1) is 0 Å². The standard InChI is InChI=1S/C15H24N4O/c20-15(17-7-6-14-4-2-1-3-5-14)18-10-13-19-11-8-16-9-12-19/h1-5,16H,6-13H2,(H2,17,18,20). The van der Waals surface area contributed by atoms with Gasteiger partial charge in [-0.3, -0.25) is 4.90 Å². The molecule has 0 bridgehead atoms. The minimum atomic E-state index is -0.0731. The fourth-order valence-electron chi connectivity index (χ4n) is 2.29. The average molecular weight is 276 g/mol. The van der Waals surface area contributed by atoms with Crippen LogP contribution in [0.5, 0.6) is 0 Å². The normalized spacial score (nSPS) is 15.8. The molecule has 1 aliphatic rings. The predicted molar refractivity (Wildman–Crippen MR) is 80.9 cm³/mol. The maximum Gasteiger partial charge on any atom is 0.314 e. The molecule has 0 unspecified atom stereocenters. The Labute approximate surface area is 120 Å². The molecule has 0 aliphatic carbocycles. The number of rotatable bonds is 6. The number of carbonyl (C=O) groups excluding carboxylic acids is 1. The SMILES string of the molecule is O=C(NCCc1ccccc1)NCCN1CCNCC1. The van der Waals surface area contributed by atoms with Gasteiger partial charge in [0.2, 0.25) is 0 Å². The maximum absolute atomic E-state index is 11.6. The molecule has 110 valence electrons. The third-order valence-electron chi connectivity index (χ3n) is 3.47. The summed E-state index contributed by atoms with van der Waals surface area (Å²) in [6, 6.07) is 10.1. The molecule has 2 amide bonds. The number of hydrogen-bond donors (Lipinski definition) is 3. The first-order chi connectivity index (χ1) is 9.84. The molecule has 20 heavy (non-hydrogen) atoms. The lowest BCUT2D eigenvalue weighted by molar-refractivity contribution is 0.227. The monoisotopic (exact) mass is 276 g/mol. The Bertz CT molecular complexity index is 390. The highest BCUT2D eigenvalue weighted by Crippen LogP contribution is 1.97. The van der Waals surface area contributed by atoms with E-state index in [9.17, 15) is 4.79 Å². The molecular formula is C15H24N4O. The molecule has 2 rings (SSSR count). The zero-order chi connectivity index (χ0) is 14.0. The average Bonchev–Trinajstić information content (AvgIpc) is 2.49. The van der Waals surface area contributed by atoms with Gasteiger partial charge in [0.1, 0.15) is 0 Å². The van der Waals surface area contributed by atoms with E-state index in [4.69, 9.17) is 0 Å². The van der Waals surface area contributed by atoms with Crippen LogP contribution in [0.25, 0.3) is 0 Å². The molecule has 5 nitrogen and oxygen atoms in total. The summed E-state index contributed by atoms with van der Waals surface area (Å²) >= 11 is 0. The van der Waals surface area contributed by atoms with Crippen molar-refractivity contribution in [3.05, 3.63) is 35.9 Å². The number of urea groups is 1. The fraction of sp³-hybridized carbons (Fsp3) is 0.533. The molecule has 0 atom stereocenters. The summed E-state index contributed by atoms with van der Waals surface area (Å²) in [5.74, 6) is 0. The van der Waals surface area contributed by atoms with Crippen LogP contribution in [0.1, 0.15) is 5.56 Å². The van der Waals surface area contributed by atoms with Crippen molar-refractivity contribution in [3.63, 3.8) is 0 Å². The third kappa shape index (κ3) is 5.59. The minimum absolute atomic E-state index is 0.0731. The summed E-state index contributed by atoms with van der Waals surface area (Å²) in [5, 5.41) is 9.11.